The molecular formula is C32H21N. The van der Waals surface area contributed by atoms with Gasteiger partial charge in [-0.25, -0.2) is 0 Å². The van der Waals surface area contributed by atoms with Crippen LogP contribution in [0.25, 0.3) is 44.1 Å². The van der Waals surface area contributed by atoms with Crippen LogP contribution in [0.15, 0.2) is 109 Å². The summed E-state index contributed by atoms with van der Waals surface area (Å²) in [6.07, 6.45) is 0. The van der Waals surface area contributed by atoms with Gasteiger partial charge in [-0.05, 0) is 45.0 Å². The molecule has 0 bridgehead atoms. The van der Waals surface area contributed by atoms with E-state index >= 15 is 0 Å². The Kier molecular flexibility index (Phi) is 3.08. The number of hydrogen-bond donors (Lipinski definition) is 0. The Balaban J connectivity index is 1.64. The summed E-state index contributed by atoms with van der Waals surface area (Å²) >= 11 is 0. The van der Waals surface area contributed by atoms with Crippen LogP contribution >= 0.6 is 0 Å². The van der Waals surface area contributed by atoms with Crippen LogP contribution in [-0.4, -0.2) is 4.57 Å². The summed E-state index contributed by atoms with van der Waals surface area (Å²) in [7, 11) is 2.22. The maximum Gasteiger partial charge on any atom is 0.0726 e. The minimum Gasteiger partial charge on any atom is -0.343 e. The summed E-state index contributed by atoms with van der Waals surface area (Å²) in [5.41, 5.74) is 13.4. The molecule has 1 heterocycles. The first-order chi connectivity index (χ1) is 16.3. The Morgan fingerprint density at radius 1 is 0.485 bits per heavy atom. The largest absolute Gasteiger partial charge is 0.343 e. The zero-order valence-corrected chi connectivity index (χ0v) is 18.3. The fourth-order valence-electron chi connectivity index (χ4n) is 6.84. The molecular weight excluding hydrogens is 398 g/mol. The fraction of sp³-hybridized carbons (Fsp3) is 0.0625. The number of rotatable bonds is 0. The molecule has 33 heavy (non-hydrogen) atoms. The number of para-hydroxylation sites is 1. The number of aryl methyl sites for hydroxylation is 1. The lowest BCUT2D eigenvalue weighted by Crippen LogP contribution is -2.25. The molecule has 1 nitrogen and oxygen atoms in total. The SMILES string of the molecule is Cn1c2ccccc2c2ccc3c(c21)-c1ccccc1C31c2ccccc2-c2ccccc21. The second kappa shape index (κ2) is 5.82. The first kappa shape index (κ1) is 17.5. The van der Waals surface area contributed by atoms with E-state index in [0.29, 0.717) is 0 Å². The predicted molar refractivity (Wildman–Crippen MR) is 137 cm³/mol. The van der Waals surface area contributed by atoms with E-state index in [2.05, 4.69) is 121 Å². The van der Waals surface area contributed by atoms with Crippen molar-refractivity contribution in [1.82, 2.24) is 4.57 Å². The molecule has 0 atom stereocenters. The van der Waals surface area contributed by atoms with E-state index in [9.17, 15) is 0 Å². The Hall–Kier alpha value is -4.10. The van der Waals surface area contributed by atoms with Crippen LogP contribution in [0.4, 0.5) is 0 Å². The Morgan fingerprint density at radius 2 is 1.03 bits per heavy atom. The van der Waals surface area contributed by atoms with Gasteiger partial charge in [-0.1, -0.05) is 103 Å². The van der Waals surface area contributed by atoms with E-state index in [-0.39, 0.29) is 5.41 Å². The lowest BCUT2D eigenvalue weighted by molar-refractivity contribution is 0.794. The van der Waals surface area contributed by atoms with Gasteiger partial charge in [-0.15, -0.1) is 0 Å². The molecule has 0 radical (unpaired) electrons. The van der Waals surface area contributed by atoms with E-state index in [0.717, 1.165) is 0 Å². The van der Waals surface area contributed by atoms with Gasteiger partial charge in [-0.2, -0.15) is 0 Å². The first-order valence-electron chi connectivity index (χ1n) is 11.6. The second-order valence-electron chi connectivity index (χ2n) is 9.35. The van der Waals surface area contributed by atoms with Crippen LogP contribution in [0.3, 0.4) is 0 Å². The van der Waals surface area contributed by atoms with Crippen LogP contribution < -0.4 is 0 Å². The summed E-state index contributed by atoms with van der Waals surface area (Å²) in [4.78, 5) is 0. The third-order valence-corrected chi connectivity index (χ3v) is 8.03. The van der Waals surface area contributed by atoms with E-state index in [1.165, 1.54) is 66.3 Å². The lowest BCUT2D eigenvalue weighted by Gasteiger charge is -2.30. The van der Waals surface area contributed by atoms with Crippen molar-refractivity contribution in [2.24, 2.45) is 7.05 Å². The minimum absolute atomic E-state index is 0.274. The van der Waals surface area contributed by atoms with Gasteiger partial charge in [-0.3, -0.25) is 0 Å². The predicted octanol–water partition coefficient (Wildman–Crippen LogP) is 7.68. The van der Waals surface area contributed by atoms with E-state index < -0.39 is 0 Å². The third-order valence-electron chi connectivity index (χ3n) is 8.03. The van der Waals surface area contributed by atoms with Gasteiger partial charge >= 0.3 is 0 Å². The standard InChI is InChI=1S/C32H21N/c1-33-29-17-9-5-12-22(29)23-18-19-28-30(31(23)33)24-13-4-8-16-27(24)32(28)25-14-6-2-10-20(25)21-11-3-7-15-26(21)32/h2-19H,1H3. The Bertz CT molecular complexity index is 1740. The van der Waals surface area contributed by atoms with E-state index in [4.69, 9.17) is 0 Å². The molecule has 6 aromatic rings. The average molecular weight is 420 g/mol. The summed E-state index contributed by atoms with van der Waals surface area (Å²) < 4.78 is 2.39. The minimum atomic E-state index is -0.274. The highest BCUT2D eigenvalue weighted by Gasteiger charge is 2.52. The van der Waals surface area contributed by atoms with Crippen molar-refractivity contribution in [3.8, 4) is 22.3 Å². The van der Waals surface area contributed by atoms with Crippen molar-refractivity contribution < 1.29 is 0 Å². The average Bonchev–Trinajstić information content (AvgIpc) is 3.46. The zero-order valence-electron chi connectivity index (χ0n) is 18.3. The second-order valence-corrected chi connectivity index (χ2v) is 9.35. The van der Waals surface area contributed by atoms with E-state index in [1.807, 2.05) is 0 Å². The zero-order chi connectivity index (χ0) is 21.7. The van der Waals surface area contributed by atoms with Gasteiger partial charge in [0.15, 0.2) is 0 Å². The van der Waals surface area contributed by atoms with Gasteiger partial charge in [0, 0.05) is 28.9 Å². The molecule has 1 heteroatoms. The molecule has 5 aromatic carbocycles. The third kappa shape index (κ3) is 1.84. The number of nitrogens with zero attached hydrogens (tertiary/aromatic N) is 1. The molecule has 1 aromatic heterocycles. The number of benzene rings is 5. The molecule has 154 valence electrons. The molecule has 0 unspecified atom stereocenters. The summed E-state index contributed by atoms with van der Waals surface area (Å²) in [6, 6.07) is 40.6. The molecule has 1 spiro atoms. The van der Waals surface area contributed by atoms with Crippen LogP contribution in [-0.2, 0) is 12.5 Å². The van der Waals surface area contributed by atoms with Crippen molar-refractivity contribution in [3.05, 3.63) is 131 Å². The molecule has 0 fully saturated rings. The summed E-state index contributed by atoms with van der Waals surface area (Å²) in [5, 5.41) is 2.65. The van der Waals surface area contributed by atoms with Crippen LogP contribution in [0.2, 0.25) is 0 Å². The molecule has 2 aliphatic carbocycles. The van der Waals surface area contributed by atoms with Crippen molar-refractivity contribution in [1.29, 1.82) is 0 Å². The Morgan fingerprint density at radius 3 is 1.73 bits per heavy atom. The van der Waals surface area contributed by atoms with Crippen LogP contribution in [0.5, 0.6) is 0 Å². The molecule has 0 saturated heterocycles. The number of hydrogen-bond acceptors (Lipinski definition) is 0. The molecule has 2 aliphatic rings. The Labute approximate surface area is 192 Å². The number of aromatic nitrogens is 1. The molecule has 8 rings (SSSR count). The highest BCUT2D eigenvalue weighted by molar-refractivity contribution is 6.15. The normalized spacial score (nSPS) is 14.5. The van der Waals surface area contributed by atoms with Crippen molar-refractivity contribution >= 4 is 21.8 Å². The lowest BCUT2D eigenvalue weighted by atomic mass is 9.70. The monoisotopic (exact) mass is 419 g/mol. The fourth-order valence-corrected chi connectivity index (χ4v) is 6.84. The maximum atomic E-state index is 2.41. The van der Waals surface area contributed by atoms with Crippen LogP contribution in [0.1, 0.15) is 22.3 Å². The molecule has 0 saturated carbocycles. The topological polar surface area (TPSA) is 4.93 Å². The first-order valence-corrected chi connectivity index (χ1v) is 11.6. The van der Waals surface area contributed by atoms with Crippen molar-refractivity contribution in [2.45, 2.75) is 5.41 Å². The smallest absolute Gasteiger partial charge is 0.0726 e. The van der Waals surface area contributed by atoms with Gasteiger partial charge in [0.25, 0.3) is 0 Å². The van der Waals surface area contributed by atoms with E-state index in [1.54, 1.807) is 0 Å². The maximum absolute atomic E-state index is 2.41. The summed E-state index contributed by atoms with van der Waals surface area (Å²) in [5.74, 6) is 0. The van der Waals surface area contributed by atoms with Crippen molar-refractivity contribution in [3.63, 3.8) is 0 Å². The van der Waals surface area contributed by atoms with Gasteiger partial charge in [0.1, 0.15) is 0 Å². The highest BCUT2D eigenvalue weighted by Crippen LogP contribution is 2.63. The van der Waals surface area contributed by atoms with Crippen LogP contribution in [0, 0.1) is 0 Å². The number of fused-ring (bicyclic) bond motifs is 14. The molecule has 0 aliphatic heterocycles. The van der Waals surface area contributed by atoms with Gasteiger partial charge in [0.05, 0.1) is 10.9 Å². The summed E-state index contributed by atoms with van der Waals surface area (Å²) in [6.45, 7) is 0. The molecule has 0 N–H and O–H groups in total. The van der Waals surface area contributed by atoms with Gasteiger partial charge in [0.2, 0.25) is 0 Å². The molecule has 0 amide bonds. The van der Waals surface area contributed by atoms with Gasteiger partial charge < -0.3 is 4.57 Å². The highest BCUT2D eigenvalue weighted by atomic mass is 14.9. The van der Waals surface area contributed by atoms with Crippen molar-refractivity contribution in [2.75, 3.05) is 0 Å². The quantitative estimate of drug-likeness (QED) is 0.238.